The van der Waals surface area contributed by atoms with E-state index in [1.807, 2.05) is 11.5 Å². The first-order chi connectivity index (χ1) is 16.2. The van der Waals surface area contributed by atoms with Gasteiger partial charge in [-0.25, -0.2) is 8.42 Å². The highest BCUT2D eigenvalue weighted by Gasteiger charge is 2.22. The van der Waals surface area contributed by atoms with Crippen LogP contribution in [0.15, 0.2) is 75.2 Å². The van der Waals surface area contributed by atoms with Crippen LogP contribution in [0.25, 0.3) is 10.2 Å². The van der Waals surface area contributed by atoms with Crippen LogP contribution in [0.2, 0.25) is 0 Å². The van der Waals surface area contributed by atoms with Crippen LogP contribution in [0.1, 0.15) is 48.4 Å². The number of rotatable bonds is 7. The zero-order chi connectivity index (χ0) is 24.5. The standard InChI is InChI=1S/C25H27N3O4S2/c1-5-28-22-13-10-19(17(2)3)15-23(22)33-25(28)26-24(29)18-8-11-21(12-9-18)34(30,31)27(4)16-20-7-6-14-32-20/h6-15,17H,5,16H2,1-4H3. The van der Waals surface area contributed by atoms with Gasteiger partial charge in [0.1, 0.15) is 5.76 Å². The summed E-state index contributed by atoms with van der Waals surface area (Å²) >= 11 is 1.48. The molecule has 7 nitrogen and oxygen atoms in total. The summed E-state index contributed by atoms with van der Waals surface area (Å²) in [4.78, 5) is 18.0. The molecule has 34 heavy (non-hydrogen) atoms. The van der Waals surface area contributed by atoms with E-state index in [9.17, 15) is 13.2 Å². The van der Waals surface area contributed by atoms with Gasteiger partial charge in [0.2, 0.25) is 10.0 Å². The molecule has 0 saturated heterocycles. The van der Waals surface area contributed by atoms with Gasteiger partial charge >= 0.3 is 0 Å². The zero-order valence-electron chi connectivity index (χ0n) is 19.6. The number of aromatic nitrogens is 1. The maximum absolute atomic E-state index is 12.9. The normalized spacial score (nSPS) is 12.8. The van der Waals surface area contributed by atoms with E-state index in [1.54, 1.807) is 12.1 Å². The van der Waals surface area contributed by atoms with Crippen LogP contribution >= 0.6 is 11.3 Å². The second-order valence-corrected chi connectivity index (χ2v) is 11.3. The number of carbonyl (C=O) groups is 1. The minimum atomic E-state index is -3.73. The number of sulfonamides is 1. The van der Waals surface area contributed by atoms with E-state index in [2.05, 4.69) is 37.0 Å². The van der Waals surface area contributed by atoms with Gasteiger partial charge in [-0.3, -0.25) is 4.79 Å². The number of aryl methyl sites for hydroxylation is 1. The highest BCUT2D eigenvalue weighted by Crippen LogP contribution is 2.24. The molecule has 0 aliphatic carbocycles. The van der Waals surface area contributed by atoms with Crippen LogP contribution in [0.3, 0.4) is 0 Å². The third kappa shape index (κ3) is 4.77. The lowest BCUT2D eigenvalue weighted by Gasteiger charge is -2.16. The number of furan rings is 1. The summed E-state index contributed by atoms with van der Waals surface area (Å²) in [5.41, 5.74) is 2.61. The third-order valence-corrected chi connectivity index (χ3v) is 8.51. The summed E-state index contributed by atoms with van der Waals surface area (Å²) in [5.74, 6) is 0.548. The third-order valence-electron chi connectivity index (χ3n) is 5.65. The van der Waals surface area contributed by atoms with Crippen molar-refractivity contribution in [3.63, 3.8) is 0 Å². The number of hydrogen-bond acceptors (Lipinski definition) is 5. The van der Waals surface area contributed by atoms with Crippen molar-refractivity contribution in [3.05, 3.63) is 82.5 Å². The molecule has 0 spiro atoms. The molecule has 1 amide bonds. The van der Waals surface area contributed by atoms with Crippen LogP contribution in [-0.4, -0.2) is 30.2 Å². The average molecular weight is 498 g/mol. The molecule has 0 unspecified atom stereocenters. The van der Waals surface area contributed by atoms with Crippen molar-refractivity contribution in [2.24, 2.45) is 4.99 Å². The first-order valence-corrected chi connectivity index (χ1v) is 13.3. The molecule has 0 atom stereocenters. The SMILES string of the molecule is CCn1c(=NC(=O)c2ccc(S(=O)(=O)N(C)Cc3ccco3)cc2)sc2cc(C(C)C)ccc21. The molecule has 178 valence electrons. The topological polar surface area (TPSA) is 84.9 Å². The summed E-state index contributed by atoms with van der Waals surface area (Å²) in [5, 5.41) is 0. The maximum atomic E-state index is 12.9. The fourth-order valence-electron chi connectivity index (χ4n) is 3.65. The number of amides is 1. The van der Waals surface area contributed by atoms with Crippen LogP contribution in [0.5, 0.6) is 0 Å². The Hall–Kier alpha value is -3.01. The van der Waals surface area contributed by atoms with Crippen molar-refractivity contribution < 1.29 is 17.6 Å². The lowest BCUT2D eigenvalue weighted by Crippen LogP contribution is -2.26. The van der Waals surface area contributed by atoms with E-state index in [1.165, 1.54) is 58.8 Å². The van der Waals surface area contributed by atoms with E-state index in [0.717, 1.165) is 10.2 Å². The Morgan fingerprint density at radius 1 is 1.15 bits per heavy atom. The average Bonchev–Trinajstić information content (AvgIpc) is 3.45. The van der Waals surface area contributed by atoms with Gasteiger partial charge in [0.15, 0.2) is 4.80 Å². The second kappa shape index (κ2) is 9.69. The lowest BCUT2D eigenvalue weighted by atomic mass is 10.0. The Kier molecular flexibility index (Phi) is 6.88. The number of fused-ring (bicyclic) bond motifs is 1. The van der Waals surface area contributed by atoms with Crippen molar-refractivity contribution in [2.75, 3.05) is 7.05 Å². The fourth-order valence-corrected chi connectivity index (χ4v) is 5.93. The number of nitrogens with zero attached hydrogens (tertiary/aromatic N) is 3. The molecule has 0 aliphatic rings. The van der Waals surface area contributed by atoms with E-state index in [-0.39, 0.29) is 11.4 Å². The molecule has 0 fully saturated rings. The number of carbonyl (C=O) groups excluding carboxylic acids is 1. The zero-order valence-corrected chi connectivity index (χ0v) is 21.2. The molecular formula is C25H27N3O4S2. The molecule has 9 heteroatoms. The molecular weight excluding hydrogens is 470 g/mol. The fraction of sp³-hybridized carbons (Fsp3) is 0.280. The minimum Gasteiger partial charge on any atom is -0.468 e. The molecule has 4 aromatic rings. The maximum Gasteiger partial charge on any atom is 0.279 e. The van der Waals surface area contributed by atoms with Gasteiger partial charge in [0.05, 0.1) is 27.9 Å². The molecule has 0 aliphatic heterocycles. The Balaban J connectivity index is 1.61. The van der Waals surface area contributed by atoms with E-state index in [4.69, 9.17) is 4.42 Å². The van der Waals surface area contributed by atoms with Gasteiger partial charge in [-0.05, 0) is 66.9 Å². The van der Waals surface area contributed by atoms with Crippen molar-refractivity contribution in [1.82, 2.24) is 8.87 Å². The Bertz CT molecular complexity index is 1480. The molecule has 0 radical (unpaired) electrons. The Labute approximate surface area is 203 Å². The molecule has 0 saturated carbocycles. The predicted molar refractivity (Wildman–Crippen MR) is 133 cm³/mol. The number of thiazole rings is 1. The van der Waals surface area contributed by atoms with Crippen LogP contribution in [0.4, 0.5) is 0 Å². The largest absolute Gasteiger partial charge is 0.468 e. The summed E-state index contributed by atoms with van der Waals surface area (Å²) < 4.78 is 35.3. The Morgan fingerprint density at radius 2 is 1.88 bits per heavy atom. The number of benzene rings is 2. The Morgan fingerprint density at radius 3 is 2.50 bits per heavy atom. The minimum absolute atomic E-state index is 0.102. The molecule has 2 aromatic carbocycles. The monoisotopic (exact) mass is 497 g/mol. The molecule has 0 N–H and O–H groups in total. The molecule has 2 heterocycles. The van der Waals surface area contributed by atoms with Crippen molar-refractivity contribution in [2.45, 2.75) is 44.7 Å². The summed E-state index contributed by atoms with van der Waals surface area (Å²) in [6.07, 6.45) is 1.50. The van der Waals surface area contributed by atoms with Crippen molar-refractivity contribution in [1.29, 1.82) is 0 Å². The second-order valence-electron chi connectivity index (χ2n) is 8.29. The van der Waals surface area contributed by atoms with Crippen LogP contribution in [0, 0.1) is 0 Å². The van der Waals surface area contributed by atoms with E-state index in [0.29, 0.717) is 28.6 Å². The number of hydrogen-bond donors (Lipinski definition) is 0. The first-order valence-electron chi connectivity index (χ1n) is 11.0. The van der Waals surface area contributed by atoms with E-state index < -0.39 is 15.9 Å². The highest BCUT2D eigenvalue weighted by atomic mass is 32.2. The first kappa shape index (κ1) is 24.1. The summed E-state index contributed by atoms with van der Waals surface area (Å²) in [7, 11) is -2.24. The van der Waals surface area contributed by atoms with Crippen LogP contribution < -0.4 is 4.80 Å². The predicted octanol–water partition coefficient (Wildman–Crippen LogP) is 5.00. The van der Waals surface area contributed by atoms with Crippen molar-refractivity contribution in [3.8, 4) is 0 Å². The van der Waals surface area contributed by atoms with Crippen molar-refractivity contribution >= 4 is 37.5 Å². The van der Waals surface area contributed by atoms with E-state index >= 15 is 0 Å². The van der Waals surface area contributed by atoms with Gasteiger partial charge in [-0.1, -0.05) is 31.3 Å². The highest BCUT2D eigenvalue weighted by molar-refractivity contribution is 7.89. The van der Waals surface area contributed by atoms with Gasteiger partial charge in [0.25, 0.3) is 5.91 Å². The smallest absolute Gasteiger partial charge is 0.279 e. The van der Waals surface area contributed by atoms with Gasteiger partial charge in [-0.2, -0.15) is 9.30 Å². The summed E-state index contributed by atoms with van der Waals surface area (Å²) in [6.45, 7) is 7.12. The lowest BCUT2D eigenvalue weighted by molar-refractivity contribution is 0.0997. The van der Waals surface area contributed by atoms with Gasteiger partial charge in [-0.15, -0.1) is 0 Å². The quantitative estimate of drug-likeness (QED) is 0.360. The summed E-state index contributed by atoms with van der Waals surface area (Å²) in [6, 6.07) is 15.6. The molecule has 2 aromatic heterocycles. The van der Waals surface area contributed by atoms with Gasteiger partial charge < -0.3 is 8.98 Å². The van der Waals surface area contributed by atoms with Crippen LogP contribution in [-0.2, 0) is 23.1 Å². The molecule has 4 rings (SSSR count). The van der Waals surface area contributed by atoms with Gasteiger partial charge in [0, 0.05) is 19.2 Å². The molecule has 0 bridgehead atoms.